The number of benzene rings is 1. The van der Waals surface area contributed by atoms with E-state index in [1.54, 1.807) is 6.07 Å². The summed E-state index contributed by atoms with van der Waals surface area (Å²) in [6.45, 7) is 2.68. The molecule has 2 N–H and O–H groups in total. The van der Waals surface area contributed by atoms with Gasteiger partial charge in [-0.1, -0.05) is 18.2 Å². The van der Waals surface area contributed by atoms with Crippen LogP contribution in [-0.4, -0.2) is 32.3 Å². The fourth-order valence-electron chi connectivity index (χ4n) is 4.63. The third-order valence-electron chi connectivity index (χ3n) is 6.17. The van der Waals surface area contributed by atoms with Gasteiger partial charge in [-0.25, -0.2) is 9.37 Å². The topological polar surface area (TPSA) is 73.9 Å². The van der Waals surface area contributed by atoms with Gasteiger partial charge in [0.1, 0.15) is 11.6 Å². The number of H-pyrrole nitrogens is 1. The summed E-state index contributed by atoms with van der Waals surface area (Å²) < 4.78 is 13.2. The van der Waals surface area contributed by atoms with Crippen molar-refractivity contribution in [2.24, 2.45) is 0 Å². The number of hydrogen-bond donors (Lipinski definition) is 2. The molecule has 6 nitrogen and oxygen atoms in total. The highest BCUT2D eigenvalue weighted by Crippen LogP contribution is 2.33. The number of anilines is 2. The molecule has 0 spiro atoms. The summed E-state index contributed by atoms with van der Waals surface area (Å²) >= 11 is 0. The van der Waals surface area contributed by atoms with Crippen molar-refractivity contribution in [1.29, 1.82) is 0 Å². The molecule has 1 aromatic carbocycles. The second-order valence-corrected chi connectivity index (χ2v) is 8.51. The van der Waals surface area contributed by atoms with Gasteiger partial charge < -0.3 is 15.2 Å². The largest absolute Gasteiger partial charge is 0.361 e. The van der Waals surface area contributed by atoms with E-state index in [0.29, 0.717) is 18.7 Å². The molecule has 4 aromatic rings. The Morgan fingerprint density at radius 1 is 1.24 bits per heavy atom. The maximum absolute atomic E-state index is 13.2. The molecule has 1 unspecified atom stereocenters. The highest BCUT2D eigenvalue weighted by molar-refractivity contribution is 5.84. The SMILES string of the molecule is Cc1cc(Nc2ccc(F)cn2)cc(C2CCCN2C(=O)CCc2c[nH]c3ccccc23)n1. The number of carbonyl (C=O) groups excluding carboxylic acids is 1. The van der Waals surface area contributed by atoms with Crippen molar-refractivity contribution in [3.63, 3.8) is 0 Å². The number of aryl methyl sites for hydroxylation is 2. The fourth-order valence-corrected chi connectivity index (χ4v) is 4.63. The maximum Gasteiger partial charge on any atom is 0.223 e. The summed E-state index contributed by atoms with van der Waals surface area (Å²) in [6.07, 6.45) is 6.21. The third kappa shape index (κ3) is 4.58. The first-order valence-electron chi connectivity index (χ1n) is 11.3. The van der Waals surface area contributed by atoms with Crippen molar-refractivity contribution in [1.82, 2.24) is 19.9 Å². The zero-order valence-corrected chi connectivity index (χ0v) is 18.5. The van der Waals surface area contributed by atoms with Crippen molar-refractivity contribution >= 4 is 28.3 Å². The van der Waals surface area contributed by atoms with E-state index in [0.717, 1.165) is 42.0 Å². The zero-order chi connectivity index (χ0) is 22.8. The summed E-state index contributed by atoms with van der Waals surface area (Å²) in [5.41, 5.74) is 4.82. The van der Waals surface area contributed by atoms with Gasteiger partial charge in [-0.15, -0.1) is 0 Å². The lowest BCUT2D eigenvalue weighted by Gasteiger charge is -2.25. The number of pyridine rings is 2. The maximum atomic E-state index is 13.2. The lowest BCUT2D eigenvalue weighted by Crippen LogP contribution is -2.31. The van der Waals surface area contributed by atoms with Crippen LogP contribution in [0.1, 0.15) is 42.3 Å². The molecule has 0 bridgehead atoms. The van der Waals surface area contributed by atoms with Gasteiger partial charge in [0.2, 0.25) is 5.91 Å². The minimum absolute atomic E-state index is 0.0397. The quantitative estimate of drug-likeness (QED) is 0.416. The monoisotopic (exact) mass is 443 g/mol. The first-order valence-corrected chi connectivity index (χ1v) is 11.3. The van der Waals surface area contributed by atoms with E-state index >= 15 is 0 Å². The molecule has 1 atom stereocenters. The smallest absolute Gasteiger partial charge is 0.223 e. The highest BCUT2D eigenvalue weighted by atomic mass is 19.1. The summed E-state index contributed by atoms with van der Waals surface area (Å²) in [5, 5.41) is 4.39. The Morgan fingerprint density at radius 3 is 2.97 bits per heavy atom. The van der Waals surface area contributed by atoms with Gasteiger partial charge in [0.25, 0.3) is 0 Å². The number of para-hydroxylation sites is 1. The van der Waals surface area contributed by atoms with Crippen LogP contribution < -0.4 is 5.32 Å². The number of halogens is 1. The highest BCUT2D eigenvalue weighted by Gasteiger charge is 2.31. The van der Waals surface area contributed by atoms with E-state index in [2.05, 4.69) is 21.4 Å². The van der Waals surface area contributed by atoms with Gasteiger partial charge >= 0.3 is 0 Å². The Hall–Kier alpha value is -3.74. The van der Waals surface area contributed by atoms with Crippen LogP contribution in [0, 0.1) is 12.7 Å². The molecule has 0 radical (unpaired) electrons. The van der Waals surface area contributed by atoms with Gasteiger partial charge in [0, 0.05) is 41.4 Å². The molecular formula is C26H26FN5O. The minimum Gasteiger partial charge on any atom is -0.361 e. The van der Waals surface area contributed by atoms with Crippen LogP contribution in [0.5, 0.6) is 0 Å². The van der Waals surface area contributed by atoms with E-state index < -0.39 is 0 Å². The lowest BCUT2D eigenvalue weighted by atomic mass is 10.1. The summed E-state index contributed by atoms with van der Waals surface area (Å²) in [5.74, 6) is 0.340. The number of nitrogens with zero attached hydrogens (tertiary/aromatic N) is 3. The van der Waals surface area contributed by atoms with Gasteiger partial charge in [-0.2, -0.15) is 0 Å². The number of aromatic amines is 1. The predicted octanol–water partition coefficient (Wildman–Crippen LogP) is 5.45. The normalized spacial score (nSPS) is 15.8. The van der Waals surface area contributed by atoms with Crippen molar-refractivity contribution in [3.8, 4) is 0 Å². The Bertz CT molecular complexity index is 1280. The summed E-state index contributed by atoms with van der Waals surface area (Å²) in [4.78, 5) is 27.2. The van der Waals surface area contributed by atoms with Crippen LogP contribution in [0.3, 0.4) is 0 Å². The summed E-state index contributed by atoms with van der Waals surface area (Å²) in [7, 11) is 0. The van der Waals surface area contributed by atoms with Crippen LogP contribution in [0.4, 0.5) is 15.9 Å². The minimum atomic E-state index is -0.375. The first kappa shape index (κ1) is 21.1. The molecule has 1 amide bonds. The van der Waals surface area contributed by atoms with Crippen LogP contribution in [0.15, 0.2) is 60.9 Å². The zero-order valence-electron chi connectivity index (χ0n) is 18.5. The number of rotatable bonds is 6. The van der Waals surface area contributed by atoms with E-state index in [-0.39, 0.29) is 17.8 Å². The van der Waals surface area contributed by atoms with Crippen molar-refractivity contribution in [2.75, 3.05) is 11.9 Å². The molecular weight excluding hydrogens is 417 g/mol. The standard InChI is InChI=1S/C26H26FN5O/c1-17-13-20(31-25-10-9-19(27)16-29-25)14-23(30-17)24-7-4-12-32(24)26(33)11-8-18-15-28-22-6-3-2-5-21(18)22/h2-3,5-6,9-10,13-16,24,28H,4,7-8,11-12H2,1H3,(H,29,30,31). The molecule has 168 valence electrons. The van der Waals surface area contributed by atoms with E-state index in [9.17, 15) is 9.18 Å². The Morgan fingerprint density at radius 2 is 2.12 bits per heavy atom. The third-order valence-corrected chi connectivity index (χ3v) is 6.17. The molecule has 7 heteroatoms. The fraction of sp³-hybridized carbons (Fsp3) is 0.269. The molecule has 5 rings (SSSR count). The molecule has 33 heavy (non-hydrogen) atoms. The average Bonchev–Trinajstić information content (AvgIpc) is 3.46. The number of nitrogens with one attached hydrogen (secondary N) is 2. The molecule has 1 saturated heterocycles. The van der Waals surface area contributed by atoms with Gasteiger partial charge in [0.05, 0.1) is 17.9 Å². The van der Waals surface area contributed by atoms with E-state index in [1.807, 2.05) is 48.4 Å². The number of fused-ring (bicyclic) bond motifs is 1. The second-order valence-electron chi connectivity index (χ2n) is 8.51. The second kappa shape index (κ2) is 9.02. The van der Waals surface area contributed by atoms with Crippen molar-refractivity contribution in [2.45, 2.75) is 38.6 Å². The Labute approximate surface area is 191 Å². The van der Waals surface area contributed by atoms with E-state index in [1.165, 1.54) is 23.2 Å². The number of carbonyl (C=O) groups is 1. The number of hydrogen-bond acceptors (Lipinski definition) is 4. The van der Waals surface area contributed by atoms with Gasteiger partial charge in [-0.05, 0) is 62.1 Å². The van der Waals surface area contributed by atoms with Crippen molar-refractivity contribution in [3.05, 3.63) is 83.7 Å². The van der Waals surface area contributed by atoms with Gasteiger partial charge in [-0.3, -0.25) is 9.78 Å². The van der Waals surface area contributed by atoms with Crippen LogP contribution in [-0.2, 0) is 11.2 Å². The van der Waals surface area contributed by atoms with Crippen molar-refractivity contribution < 1.29 is 9.18 Å². The Balaban J connectivity index is 1.30. The molecule has 1 aliphatic heterocycles. The number of amides is 1. The van der Waals surface area contributed by atoms with Crippen LogP contribution >= 0.6 is 0 Å². The molecule has 1 fully saturated rings. The average molecular weight is 444 g/mol. The summed E-state index contributed by atoms with van der Waals surface area (Å²) in [6, 6.07) is 15.0. The molecule has 4 heterocycles. The molecule has 3 aromatic heterocycles. The molecule has 0 saturated carbocycles. The van der Waals surface area contributed by atoms with Crippen LogP contribution in [0.2, 0.25) is 0 Å². The molecule has 0 aliphatic carbocycles. The first-order chi connectivity index (χ1) is 16.1. The molecule has 1 aliphatic rings. The number of likely N-dealkylation sites (tertiary alicyclic amines) is 1. The van der Waals surface area contributed by atoms with E-state index in [4.69, 9.17) is 4.98 Å². The predicted molar refractivity (Wildman–Crippen MR) is 127 cm³/mol. The lowest BCUT2D eigenvalue weighted by molar-refractivity contribution is -0.132. The van der Waals surface area contributed by atoms with Crippen LogP contribution in [0.25, 0.3) is 10.9 Å². The Kier molecular flexibility index (Phi) is 5.77. The van der Waals surface area contributed by atoms with Gasteiger partial charge in [0.15, 0.2) is 0 Å². The number of aromatic nitrogens is 3.